The highest BCUT2D eigenvalue weighted by Crippen LogP contribution is 2.37. The van der Waals surface area contributed by atoms with Gasteiger partial charge in [0.05, 0.1) is 17.7 Å². The first-order chi connectivity index (χ1) is 8.69. The van der Waals surface area contributed by atoms with Crippen molar-refractivity contribution in [3.63, 3.8) is 0 Å². The molecule has 0 saturated heterocycles. The number of rotatable bonds is 7. The highest BCUT2D eigenvalue weighted by molar-refractivity contribution is 6.08. The van der Waals surface area contributed by atoms with Crippen molar-refractivity contribution in [3.05, 3.63) is 0 Å². The lowest BCUT2D eigenvalue weighted by atomic mass is 9.94. The van der Waals surface area contributed by atoms with E-state index in [0.717, 1.165) is 31.4 Å². The zero-order valence-corrected chi connectivity index (χ0v) is 11.6. The average Bonchev–Trinajstić information content (AvgIpc) is 3.15. The molecule has 2 unspecified atom stereocenters. The third-order valence-corrected chi connectivity index (χ3v) is 4.06. The Labute approximate surface area is 110 Å². The number of nitrogens with zero attached hydrogens (tertiary/aromatic N) is 2. The molecule has 0 spiro atoms. The zero-order chi connectivity index (χ0) is 13.1. The van der Waals surface area contributed by atoms with Crippen LogP contribution in [0.25, 0.3) is 0 Å². The molecular formula is C14H25N3O. The van der Waals surface area contributed by atoms with Crippen LogP contribution in [0.1, 0.15) is 52.4 Å². The van der Waals surface area contributed by atoms with E-state index in [4.69, 9.17) is 5.73 Å². The topological polar surface area (TPSA) is 58.7 Å². The van der Waals surface area contributed by atoms with E-state index < -0.39 is 0 Å². The smallest absolute Gasteiger partial charge is 0.251 e. The fourth-order valence-corrected chi connectivity index (χ4v) is 2.72. The van der Waals surface area contributed by atoms with E-state index >= 15 is 0 Å². The Morgan fingerprint density at radius 1 is 1.50 bits per heavy atom. The first-order valence-electron chi connectivity index (χ1n) is 7.29. The Balaban J connectivity index is 2.05. The van der Waals surface area contributed by atoms with Gasteiger partial charge in [-0.25, -0.2) is 5.01 Å². The van der Waals surface area contributed by atoms with Crippen molar-refractivity contribution in [2.24, 2.45) is 22.7 Å². The lowest BCUT2D eigenvalue weighted by Crippen LogP contribution is -2.35. The van der Waals surface area contributed by atoms with Crippen LogP contribution in [0.4, 0.5) is 0 Å². The van der Waals surface area contributed by atoms with Gasteiger partial charge in [-0.15, -0.1) is 0 Å². The predicted molar refractivity (Wildman–Crippen MR) is 73.2 cm³/mol. The van der Waals surface area contributed by atoms with Crippen molar-refractivity contribution >= 4 is 11.6 Å². The summed E-state index contributed by atoms with van der Waals surface area (Å²) in [4.78, 5) is 12.4. The lowest BCUT2D eigenvalue weighted by molar-refractivity contribution is -0.134. The molecule has 1 aliphatic heterocycles. The van der Waals surface area contributed by atoms with Gasteiger partial charge in [0.25, 0.3) is 5.91 Å². The van der Waals surface area contributed by atoms with Gasteiger partial charge >= 0.3 is 0 Å². The van der Waals surface area contributed by atoms with E-state index in [9.17, 15) is 4.79 Å². The van der Waals surface area contributed by atoms with Crippen LogP contribution < -0.4 is 5.73 Å². The maximum absolute atomic E-state index is 12.4. The Bertz CT molecular complexity index is 336. The summed E-state index contributed by atoms with van der Waals surface area (Å²) >= 11 is 0. The Hall–Kier alpha value is -0.900. The van der Waals surface area contributed by atoms with Gasteiger partial charge in [-0.1, -0.05) is 13.3 Å². The molecule has 2 atom stereocenters. The molecular weight excluding hydrogens is 226 g/mol. The molecule has 2 N–H and O–H groups in total. The molecule has 1 saturated carbocycles. The standard InChI is InChI=1S/C14H25N3O/c1-3-5-13-12(6-4-9-15)14(18)17(16-13)10(2)11-7-8-11/h10-12H,3-9,15H2,1-2H3. The summed E-state index contributed by atoms with van der Waals surface area (Å²) in [5.41, 5.74) is 6.65. The highest BCUT2D eigenvalue weighted by Gasteiger charge is 2.41. The molecule has 1 fully saturated rings. The third kappa shape index (κ3) is 2.74. The highest BCUT2D eigenvalue weighted by atomic mass is 16.2. The molecule has 2 aliphatic rings. The molecule has 4 heteroatoms. The molecule has 2 rings (SSSR count). The first-order valence-corrected chi connectivity index (χ1v) is 7.29. The Morgan fingerprint density at radius 2 is 2.22 bits per heavy atom. The molecule has 0 aromatic rings. The van der Waals surface area contributed by atoms with Crippen LogP contribution in [-0.4, -0.2) is 29.2 Å². The van der Waals surface area contributed by atoms with Gasteiger partial charge < -0.3 is 5.73 Å². The minimum Gasteiger partial charge on any atom is -0.330 e. The van der Waals surface area contributed by atoms with Gasteiger partial charge in [-0.3, -0.25) is 4.79 Å². The van der Waals surface area contributed by atoms with E-state index in [2.05, 4.69) is 18.9 Å². The van der Waals surface area contributed by atoms with Crippen LogP contribution in [0, 0.1) is 11.8 Å². The Morgan fingerprint density at radius 3 is 2.78 bits per heavy atom. The minimum atomic E-state index is 0.00898. The van der Waals surface area contributed by atoms with Crippen LogP contribution in [0.3, 0.4) is 0 Å². The number of nitrogens with two attached hydrogens (primary N) is 1. The summed E-state index contributed by atoms with van der Waals surface area (Å²) in [7, 11) is 0. The van der Waals surface area contributed by atoms with E-state index in [1.54, 1.807) is 5.01 Å². The minimum absolute atomic E-state index is 0.00898. The molecule has 1 heterocycles. The third-order valence-electron chi connectivity index (χ3n) is 4.06. The molecule has 1 aliphatic carbocycles. The van der Waals surface area contributed by atoms with Crippen molar-refractivity contribution in [3.8, 4) is 0 Å². The molecule has 0 bridgehead atoms. The monoisotopic (exact) mass is 251 g/mol. The predicted octanol–water partition coefficient (Wildman–Crippen LogP) is 2.14. The van der Waals surface area contributed by atoms with Gasteiger partial charge in [0.1, 0.15) is 0 Å². The van der Waals surface area contributed by atoms with Crippen LogP contribution in [0.5, 0.6) is 0 Å². The van der Waals surface area contributed by atoms with Crippen LogP contribution >= 0.6 is 0 Å². The number of carbonyl (C=O) groups excluding carboxylic acids is 1. The maximum atomic E-state index is 12.4. The quantitative estimate of drug-likeness (QED) is 0.753. The van der Waals surface area contributed by atoms with Gasteiger partial charge in [-0.2, -0.15) is 5.10 Å². The molecule has 1 amide bonds. The number of hydrogen-bond donors (Lipinski definition) is 1. The second-order valence-corrected chi connectivity index (χ2v) is 5.59. The number of hydrazone groups is 1. The fourth-order valence-electron chi connectivity index (χ4n) is 2.72. The molecule has 18 heavy (non-hydrogen) atoms. The second kappa shape index (κ2) is 5.83. The fraction of sp³-hybridized carbons (Fsp3) is 0.857. The second-order valence-electron chi connectivity index (χ2n) is 5.59. The number of amides is 1. The normalized spacial score (nSPS) is 25.5. The zero-order valence-electron chi connectivity index (χ0n) is 11.6. The molecule has 4 nitrogen and oxygen atoms in total. The lowest BCUT2D eigenvalue weighted by Gasteiger charge is -2.21. The van der Waals surface area contributed by atoms with Gasteiger partial charge in [0.2, 0.25) is 0 Å². The van der Waals surface area contributed by atoms with Crippen LogP contribution in [0.15, 0.2) is 5.10 Å². The Kier molecular flexibility index (Phi) is 4.38. The van der Waals surface area contributed by atoms with Crippen molar-refractivity contribution < 1.29 is 4.79 Å². The van der Waals surface area contributed by atoms with Gasteiger partial charge in [-0.05, 0) is 51.5 Å². The van der Waals surface area contributed by atoms with Crippen molar-refractivity contribution in [2.75, 3.05) is 6.54 Å². The molecule has 0 radical (unpaired) electrons. The summed E-state index contributed by atoms with van der Waals surface area (Å²) in [5, 5.41) is 6.38. The van der Waals surface area contributed by atoms with E-state index in [0.29, 0.717) is 12.5 Å². The van der Waals surface area contributed by atoms with E-state index in [1.165, 1.54) is 12.8 Å². The summed E-state index contributed by atoms with van der Waals surface area (Å²) in [6.07, 6.45) is 6.26. The maximum Gasteiger partial charge on any atom is 0.251 e. The summed E-state index contributed by atoms with van der Waals surface area (Å²) in [6, 6.07) is 0.284. The number of hydrogen-bond acceptors (Lipinski definition) is 3. The van der Waals surface area contributed by atoms with Crippen LogP contribution in [-0.2, 0) is 4.79 Å². The van der Waals surface area contributed by atoms with Crippen molar-refractivity contribution in [2.45, 2.75) is 58.4 Å². The number of carbonyl (C=O) groups is 1. The average molecular weight is 251 g/mol. The van der Waals surface area contributed by atoms with Gasteiger partial charge in [0, 0.05) is 0 Å². The largest absolute Gasteiger partial charge is 0.330 e. The molecule has 102 valence electrons. The molecule has 0 aromatic heterocycles. The SMILES string of the molecule is CCCC1=NN(C(C)C2CC2)C(=O)C1CCCN. The summed E-state index contributed by atoms with van der Waals surface area (Å²) in [6.45, 7) is 4.93. The van der Waals surface area contributed by atoms with Crippen molar-refractivity contribution in [1.82, 2.24) is 5.01 Å². The van der Waals surface area contributed by atoms with Crippen LogP contribution in [0.2, 0.25) is 0 Å². The summed E-state index contributed by atoms with van der Waals surface area (Å²) < 4.78 is 0. The van der Waals surface area contributed by atoms with Gasteiger partial charge in [0.15, 0.2) is 0 Å². The van der Waals surface area contributed by atoms with Crippen molar-refractivity contribution in [1.29, 1.82) is 0 Å². The van der Waals surface area contributed by atoms with E-state index in [1.807, 2.05) is 0 Å². The first kappa shape index (κ1) is 13.5. The summed E-state index contributed by atoms with van der Waals surface area (Å²) in [5.74, 6) is 0.898. The van der Waals surface area contributed by atoms with E-state index in [-0.39, 0.29) is 17.9 Å². The molecule has 0 aromatic carbocycles.